The van der Waals surface area contributed by atoms with Gasteiger partial charge in [0.15, 0.2) is 0 Å². The van der Waals surface area contributed by atoms with E-state index in [-0.39, 0.29) is 34.5 Å². The largest absolute Gasteiger partial charge is 0.416 e. The Bertz CT molecular complexity index is 1580. The van der Waals surface area contributed by atoms with Gasteiger partial charge in [0.05, 0.1) is 39.5 Å². The quantitative estimate of drug-likeness (QED) is 0.231. The average Bonchev–Trinajstić information content (AvgIpc) is 3.62. The predicted octanol–water partition coefficient (Wildman–Crippen LogP) is 5.27. The second-order valence-corrected chi connectivity index (χ2v) is 10.2. The van der Waals surface area contributed by atoms with Crippen molar-refractivity contribution in [2.24, 2.45) is 7.05 Å². The molecule has 4 aromatic rings. The number of aryl methyl sites for hydroxylation is 1. The maximum Gasteiger partial charge on any atom is 0.416 e. The molecule has 2 aromatic carbocycles. The zero-order chi connectivity index (χ0) is 28.6. The molecule has 7 nitrogen and oxygen atoms in total. The molecule has 1 N–H and O–H groups in total. The van der Waals surface area contributed by atoms with Crippen molar-refractivity contribution in [3.63, 3.8) is 0 Å². The summed E-state index contributed by atoms with van der Waals surface area (Å²) in [5.74, 6) is -1.78. The Morgan fingerprint density at radius 3 is 2.33 bits per heavy atom. The molecule has 1 aliphatic rings. The Balaban J connectivity index is 1.44. The summed E-state index contributed by atoms with van der Waals surface area (Å²) in [5, 5.41) is 8.42. The predicted molar refractivity (Wildman–Crippen MR) is 140 cm³/mol. The highest BCUT2D eigenvalue weighted by Gasteiger charge is 2.38. The van der Waals surface area contributed by atoms with E-state index in [1.165, 1.54) is 41.2 Å². The minimum absolute atomic E-state index is 0.0914. The van der Waals surface area contributed by atoms with E-state index in [2.05, 4.69) is 10.4 Å². The lowest BCUT2D eigenvalue weighted by Crippen LogP contribution is -2.47. The fourth-order valence-electron chi connectivity index (χ4n) is 4.82. The molecule has 0 unspecified atom stereocenters. The third-order valence-corrected chi connectivity index (χ3v) is 7.59. The number of nitrogens with one attached hydrogen (secondary N) is 1. The Hall–Kier alpha value is -4.32. The van der Waals surface area contributed by atoms with Crippen molar-refractivity contribution in [1.82, 2.24) is 20.0 Å². The topological polar surface area (TPSA) is 84.3 Å². The maximum absolute atomic E-state index is 13.7. The van der Waals surface area contributed by atoms with Gasteiger partial charge in [-0.3, -0.25) is 24.0 Å². The second kappa shape index (κ2) is 10.7. The zero-order valence-electron chi connectivity index (χ0n) is 21.0. The van der Waals surface area contributed by atoms with E-state index in [0.29, 0.717) is 16.8 Å². The molecule has 0 fully saturated rings. The van der Waals surface area contributed by atoms with Crippen molar-refractivity contribution in [3.05, 3.63) is 98.9 Å². The van der Waals surface area contributed by atoms with Gasteiger partial charge in [-0.05, 0) is 36.2 Å². The number of benzene rings is 2. The van der Waals surface area contributed by atoms with Crippen molar-refractivity contribution in [2.75, 3.05) is 6.54 Å². The second-order valence-electron chi connectivity index (χ2n) is 9.27. The zero-order valence-corrected chi connectivity index (χ0v) is 21.9. The molecule has 0 radical (unpaired) electrons. The average molecular weight is 571 g/mol. The first kappa shape index (κ1) is 27.3. The molecule has 1 aliphatic heterocycles. The molecular formula is C28H22F4N4O3S. The normalized spacial score (nSPS) is 14.0. The molecule has 5 rings (SSSR count). The highest BCUT2D eigenvalue weighted by molar-refractivity contribution is 7.12. The molecule has 1 atom stereocenters. The minimum Gasteiger partial charge on any atom is -0.346 e. The molecule has 0 saturated carbocycles. The third kappa shape index (κ3) is 5.14. The summed E-state index contributed by atoms with van der Waals surface area (Å²) in [4.78, 5) is 40.4. The lowest BCUT2D eigenvalue weighted by molar-refractivity contribution is -0.138. The lowest BCUT2D eigenvalue weighted by Gasteiger charge is -2.25. The first-order valence-electron chi connectivity index (χ1n) is 12.2. The van der Waals surface area contributed by atoms with Crippen molar-refractivity contribution >= 4 is 29.1 Å². The van der Waals surface area contributed by atoms with E-state index in [1.54, 1.807) is 30.6 Å². The van der Waals surface area contributed by atoms with Gasteiger partial charge in [0.1, 0.15) is 6.67 Å². The van der Waals surface area contributed by atoms with Crippen LogP contribution in [0.2, 0.25) is 0 Å². The van der Waals surface area contributed by atoms with Gasteiger partial charge in [0.25, 0.3) is 17.7 Å². The first-order chi connectivity index (χ1) is 19.1. The molecule has 206 valence electrons. The van der Waals surface area contributed by atoms with Crippen LogP contribution >= 0.6 is 11.3 Å². The van der Waals surface area contributed by atoms with Crippen LogP contribution in [-0.4, -0.2) is 45.0 Å². The summed E-state index contributed by atoms with van der Waals surface area (Å²) in [6.07, 6.45) is -3.54. The van der Waals surface area contributed by atoms with Crippen LogP contribution < -0.4 is 5.32 Å². The van der Waals surface area contributed by atoms with Crippen molar-refractivity contribution < 1.29 is 31.9 Å². The van der Waals surface area contributed by atoms with Crippen LogP contribution in [0.15, 0.2) is 66.2 Å². The molecule has 0 bridgehead atoms. The standard InChI is InChI=1S/C28H22F4N4O3S/c1-35-24(18(12-29)13-33-35)17-11-23(40-15-17)25(37)34-19(10-16-6-2-5-9-22(16)28(30,31)32)14-36-26(38)20-7-3-4-8-21(20)27(36)39/h2-9,11,13,15,19H,10,12,14H2,1H3,(H,34,37)/t19-/m0/s1. The summed E-state index contributed by atoms with van der Waals surface area (Å²) in [6, 6.07) is 11.7. The van der Waals surface area contributed by atoms with Gasteiger partial charge in [-0.25, -0.2) is 4.39 Å². The number of hydrogen-bond donors (Lipinski definition) is 1. The van der Waals surface area contributed by atoms with Gasteiger partial charge in [0.2, 0.25) is 0 Å². The Labute approximate surface area is 230 Å². The summed E-state index contributed by atoms with van der Waals surface area (Å²) < 4.78 is 56.1. The van der Waals surface area contributed by atoms with Crippen molar-refractivity contribution in [3.8, 4) is 11.3 Å². The van der Waals surface area contributed by atoms with E-state index in [4.69, 9.17) is 0 Å². The lowest BCUT2D eigenvalue weighted by atomic mass is 9.99. The Kier molecular flexibility index (Phi) is 7.28. The molecule has 0 saturated heterocycles. The van der Waals surface area contributed by atoms with Crippen LogP contribution in [0.5, 0.6) is 0 Å². The summed E-state index contributed by atoms with van der Waals surface area (Å²) >= 11 is 1.07. The Morgan fingerprint density at radius 1 is 1.02 bits per heavy atom. The molecule has 2 aromatic heterocycles. The van der Waals surface area contributed by atoms with E-state index in [0.717, 1.165) is 22.3 Å². The number of nitrogens with zero attached hydrogens (tertiary/aromatic N) is 3. The van der Waals surface area contributed by atoms with E-state index >= 15 is 0 Å². The molecule has 0 spiro atoms. The number of hydrogen-bond acceptors (Lipinski definition) is 5. The number of rotatable bonds is 8. The SMILES string of the molecule is Cn1ncc(CF)c1-c1csc(C(=O)N[C@@H](Cc2ccccc2C(F)(F)F)CN2C(=O)c3ccccc3C2=O)c1. The maximum atomic E-state index is 13.7. The van der Waals surface area contributed by atoms with Crippen LogP contribution in [0.4, 0.5) is 17.6 Å². The van der Waals surface area contributed by atoms with Gasteiger partial charge in [0, 0.05) is 30.1 Å². The highest BCUT2D eigenvalue weighted by Crippen LogP contribution is 2.33. The summed E-state index contributed by atoms with van der Waals surface area (Å²) in [7, 11) is 1.64. The number of thiophene rings is 1. The van der Waals surface area contributed by atoms with Gasteiger partial charge in [-0.2, -0.15) is 18.3 Å². The van der Waals surface area contributed by atoms with Crippen molar-refractivity contribution in [1.29, 1.82) is 0 Å². The van der Waals surface area contributed by atoms with Crippen LogP contribution in [0.25, 0.3) is 11.3 Å². The number of carbonyl (C=O) groups is 3. The van der Waals surface area contributed by atoms with Gasteiger partial charge in [-0.15, -0.1) is 11.3 Å². The number of fused-ring (bicyclic) bond motifs is 1. The van der Waals surface area contributed by atoms with Crippen molar-refractivity contribution in [2.45, 2.75) is 25.3 Å². The van der Waals surface area contributed by atoms with Gasteiger partial charge >= 0.3 is 6.18 Å². The molecular weight excluding hydrogens is 548 g/mol. The summed E-state index contributed by atoms with van der Waals surface area (Å²) in [5.41, 5.74) is 0.823. The number of amides is 3. The number of imide groups is 1. The van der Waals surface area contributed by atoms with Gasteiger partial charge < -0.3 is 5.32 Å². The highest BCUT2D eigenvalue weighted by atomic mass is 32.1. The number of aromatic nitrogens is 2. The molecule has 3 amide bonds. The monoisotopic (exact) mass is 570 g/mol. The fraction of sp³-hybridized carbons (Fsp3) is 0.214. The third-order valence-electron chi connectivity index (χ3n) is 6.66. The van der Waals surface area contributed by atoms with Crippen LogP contribution in [-0.2, 0) is 26.3 Å². The molecule has 40 heavy (non-hydrogen) atoms. The summed E-state index contributed by atoms with van der Waals surface area (Å²) in [6.45, 7) is -1.09. The first-order valence-corrected chi connectivity index (χ1v) is 13.0. The smallest absolute Gasteiger partial charge is 0.346 e. The molecule has 3 heterocycles. The van der Waals surface area contributed by atoms with Gasteiger partial charge in [-0.1, -0.05) is 30.3 Å². The van der Waals surface area contributed by atoms with Crippen LogP contribution in [0.3, 0.4) is 0 Å². The molecule has 12 heteroatoms. The Morgan fingerprint density at radius 2 is 1.68 bits per heavy atom. The number of carbonyl (C=O) groups excluding carboxylic acids is 3. The van der Waals surface area contributed by atoms with Crippen LogP contribution in [0, 0.1) is 0 Å². The van der Waals surface area contributed by atoms with Crippen LogP contribution in [0.1, 0.15) is 47.1 Å². The van der Waals surface area contributed by atoms with E-state index in [1.807, 2.05) is 0 Å². The molecule has 0 aliphatic carbocycles. The number of halogens is 4. The number of alkyl halides is 4. The van der Waals surface area contributed by atoms with E-state index < -0.39 is 42.2 Å². The fourth-order valence-corrected chi connectivity index (χ4v) is 5.61. The minimum atomic E-state index is -4.64. The van der Waals surface area contributed by atoms with E-state index in [9.17, 15) is 31.9 Å².